The molecule has 1 aliphatic heterocycles. The summed E-state index contributed by atoms with van der Waals surface area (Å²) in [7, 11) is 0. The normalized spacial score (nSPS) is 15.2. The van der Waals surface area contributed by atoms with Crippen LogP contribution < -0.4 is 10.1 Å². The average molecular weight is 552 g/mol. The van der Waals surface area contributed by atoms with E-state index < -0.39 is 17.6 Å². The van der Waals surface area contributed by atoms with Crippen LogP contribution in [0.3, 0.4) is 0 Å². The minimum atomic E-state index is -0.841. The van der Waals surface area contributed by atoms with Gasteiger partial charge in [-0.05, 0) is 83.7 Å². The maximum absolute atomic E-state index is 13.6. The van der Waals surface area contributed by atoms with Crippen molar-refractivity contribution in [2.24, 2.45) is 5.41 Å². The first-order valence-corrected chi connectivity index (χ1v) is 14.2. The van der Waals surface area contributed by atoms with Crippen molar-refractivity contribution in [2.75, 3.05) is 26.2 Å². The summed E-state index contributed by atoms with van der Waals surface area (Å²) in [5.41, 5.74) is 1.98. The van der Waals surface area contributed by atoms with E-state index in [0.717, 1.165) is 16.7 Å². The van der Waals surface area contributed by atoms with Crippen LogP contribution in [0.4, 0.5) is 4.79 Å². The van der Waals surface area contributed by atoms with Gasteiger partial charge in [0.25, 0.3) is 0 Å². The Labute approximate surface area is 239 Å². The van der Waals surface area contributed by atoms with Crippen LogP contribution in [0, 0.1) is 5.41 Å². The van der Waals surface area contributed by atoms with Crippen molar-refractivity contribution < 1.29 is 23.9 Å². The minimum Gasteiger partial charge on any atom is -0.489 e. The van der Waals surface area contributed by atoms with Gasteiger partial charge < -0.3 is 14.8 Å². The van der Waals surface area contributed by atoms with Gasteiger partial charge in [0.2, 0.25) is 5.91 Å². The van der Waals surface area contributed by atoms with Gasteiger partial charge in [-0.1, -0.05) is 36.4 Å². The van der Waals surface area contributed by atoms with Gasteiger partial charge in [-0.25, -0.2) is 4.79 Å². The van der Waals surface area contributed by atoms with Crippen molar-refractivity contribution >= 4 is 17.8 Å². The molecule has 1 aliphatic rings. The van der Waals surface area contributed by atoms with Crippen LogP contribution in [0.1, 0.15) is 71.2 Å². The monoisotopic (exact) mass is 551 g/mol. The maximum Gasteiger partial charge on any atom is 0.410 e. The molecule has 1 N–H and O–H groups in total. The lowest BCUT2D eigenvalue weighted by atomic mass is 9.90. The molecule has 0 fully saturated rings. The molecule has 3 rings (SSSR count). The molecule has 1 unspecified atom stereocenters. The number of nitrogens with one attached hydrogen (secondary N) is 1. The minimum absolute atomic E-state index is 0.0527. The van der Waals surface area contributed by atoms with Crippen LogP contribution in [0.2, 0.25) is 0 Å². The van der Waals surface area contributed by atoms with E-state index in [9.17, 15) is 14.4 Å². The molecule has 8 nitrogen and oxygen atoms in total. The molecule has 218 valence electrons. The second-order valence-corrected chi connectivity index (χ2v) is 11.7. The number of ketones is 1. The van der Waals surface area contributed by atoms with Crippen LogP contribution in [-0.4, -0.2) is 65.9 Å². The van der Waals surface area contributed by atoms with E-state index >= 15 is 0 Å². The summed E-state index contributed by atoms with van der Waals surface area (Å²) in [4.78, 5) is 42.6. The highest BCUT2D eigenvalue weighted by atomic mass is 16.6. The van der Waals surface area contributed by atoms with Crippen molar-refractivity contribution in [3.05, 3.63) is 65.2 Å². The Morgan fingerprint density at radius 1 is 1.05 bits per heavy atom. The number of Topliss-reactive ketones (excluding diaryl/α,β-unsaturated/α-hetero) is 1. The smallest absolute Gasteiger partial charge is 0.410 e. The average Bonchev–Trinajstić information content (AvgIpc) is 2.92. The van der Waals surface area contributed by atoms with Crippen LogP contribution >= 0.6 is 0 Å². The fourth-order valence-corrected chi connectivity index (χ4v) is 4.86. The molecule has 0 saturated carbocycles. The van der Waals surface area contributed by atoms with Gasteiger partial charge >= 0.3 is 6.09 Å². The summed E-state index contributed by atoms with van der Waals surface area (Å²) in [6.07, 6.45) is -0.0445. The van der Waals surface area contributed by atoms with Crippen LogP contribution in [-0.2, 0) is 27.4 Å². The highest BCUT2D eigenvalue weighted by Crippen LogP contribution is 2.33. The van der Waals surface area contributed by atoms with E-state index in [1.54, 1.807) is 13.8 Å². The van der Waals surface area contributed by atoms with E-state index in [1.165, 1.54) is 11.8 Å². The second kappa shape index (κ2) is 13.8. The summed E-state index contributed by atoms with van der Waals surface area (Å²) in [6.45, 7) is 15.4. The van der Waals surface area contributed by atoms with Gasteiger partial charge in [0.05, 0.1) is 5.41 Å². The topological polar surface area (TPSA) is 88.2 Å². The van der Waals surface area contributed by atoms with Gasteiger partial charge in [0.15, 0.2) is 0 Å². The highest BCUT2D eigenvalue weighted by molar-refractivity contribution is 5.88. The van der Waals surface area contributed by atoms with Gasteiger partial charge in [0.1, 0.15) is 30.8 Å². The van der Waals surface area contributed by atoms with Crippen LogP contribution in [0.25, 0.3) is 0 Å². The number of rotatable bonds is 12. The van der Waals surface area contributed by atoms with E-state index in [2.05, 4.69) is 37.9 Å². The summed E-state index contributed by atoms with van der Waals surface area (Å²) in [5.74, 6) is 0.390. The van der Waals surface area contributed by atoms with Gasteiger partial charge in [-0.3, -0.25) is 19.4 Å². The molecule has 1 atom stereocenters. The Bertz CT molecular complexity index is 1150. The van der Waals surface area contributed by atoms with Crippen molar-refractivity contribution in [2.45, 2.75) is 79.6 Å². The van der Waals surface area contributed by atoms with Gasteiger partial charge in [-0.2, -0.15) is 0 Å². The summed E-state index contributed by atoms with van der Waals surface area (Å²) < 4.78 is 11.6. The first kappa shape index (κ1) is 31.1. The number of ether oxygens (including phenoxy) is 2. The van der Waals surface area contributed by atoms with Crippen molar-refractivity contribution in [1.29, 1.82) is 0 Å². The molecule has 0 bridgehead atoms. The lowest BCUT2D eigenvalue weighted by molar-refractivity contribution is -0.129. The second-order valence-electron chi connectivity index (χ2n) is 11.7. The molecule has 1 heterocycles. The Kier molecular flexibility index (Phi) is 10.7. The summed E-state index contributed by atoms with van der Waals surface area (Å²) in [6, 6.07) is 15.5. The molecule has 2 aromatic rings. The standard InChI is InChI=1S/C32H45N3O5/c1-22(2)34(23(3)4)18-16-33-30(37)29-28-14-13-27(39-20-25-11-9-8-10-12-25)19-26(28)15-17-35(29)31(38)40-21-32(6,7)24(5)36/h8-14,19,22-23,29H,15-18,20-21H2,1-7H3,(H,33,37). The fourth-order valence-electron chi connectivity index (χ4n) is 4.86. The Morgan fingerprint density at radius 2 is 1.73 bits per heavy atom. The van der Waals surface area contributed by atoms with Crippen LogP contribution in [0.15, 0.2) is 48.5 Å². The number of amides is 2. The summed E-state index contributed by atoms with van der Waals surface area (Å²) >= 11 is 0. The van der Waals surface area contributed by atoms with E-state index in [1.807, 2.05) is 48.5 Å². The van der Waals surface area contributed by atoms with Crippen molar-refractivity contribution in [3.8, 4) is 5.75 Å². The SMILES string of the molecule is CC(=O)C(C)(C)COC(=O)N1CCc2cc(OCc3ccccc3)ccc2C1C(=O)NCCN(C(C)C)C(C)C. The van der Waals surface area contributed by atoms with Crippen molar-refractivity contribution in [3.63, 3.8) is 0 Å². The Hall–Kier alpha value is -3.39. The molecule has 40 heavy (non-hydrogen) atoms. The number of benzene rings is 2. The van der Waals surface area contributed by atoms with Crippen molar-refractivity contribution in [1.82, 2.24) is 15.1 Å². The molecule has 0 aromatic heterocycles. The third kappa shape index (κ3) is 8.07. The molecule has 8 heteroatoms. The first-order chi connectivity index (χ1) is 18.9. The third-order valence-electron chi connectivity index (χ3n) is 7.58. The number of carbonyl (C=O) groups excluding carboxylic acids is 3. The number of hydrogen-bond donors (Lipinski definition) is 1. The van der Waals surface area contributed by atoms with E-state index in [4.69, 9.17) is 9.47 Å². The Balaban J connectivity index is 1.80. The quantitative estimate of drug-likeness (QED) is 0.393. The molecular formula is C32H45N3O5. The van der Waals surface area contributed by atoms with E-state index in [-0.39, 0.29) is 18.3 Å². The molecular weight excluding hydrogens is 506 g/mol. The number of hydrogen-bond acceptors (Lipinski definition) is 6. The lowest BCUT2D eigenvalue weighted by Gasteiger charge is -2.36. The molecule has 0 spiro atoms. The van der Waals surface area contributed by atoms with Crippen LogP contribution in [0.5, 0.6) is 5.75 Å². The molecule has 0 aliphatic carbocycles. The predicted octanol–water partition coefficient (Wildman–Crippen LogP) is 5.15. The zero-order valence-corrected chi connectivity index (χ0v) is 25.0. The zero-order chi connectivity index (χ0) is 29.4. The lowest BCUT2D eigenvalue weighted by Crippen LogP contribution is -2.49. The molecule has 0 radical (unpaired) electrons. The first-order valence-electron chi connectivity index (χ1n) is 14.2. The molecule has 2 aromatic carbocycles. The molecule has 0 saturated heterocycles. The number of fused-ring (bicyclic) bond motifs is 1. The summed E-state index contributed by atoms with van der Waals surface area (Å²) in [5, 5.41) is 3.05. The Morgan fingerprint density at radius 3 is 2.35 bits per heavy atom. The predicted molar refractivity (Wildman–Crippen MR) is 156 cm³/mol. The largest absolute Gasteiger partial charge is 0.489 e. The zero-order valence-electron chi connectivity index (χ0n) is 25.0. The number of nitrogens with zero attached hydrogens (tertiary/aromatic N) is 2. The van der Waals surface area contributed by atoms with Gasteiger partial charge in [0, 0.05) is 31.7 Å². The fraction of sp³-hybridized carbons (Fsp3) is 0.531. The maximum atomic E-state index is 13.6. The highest BCUT2D eigenvalue weighted by Gasteiger charge is 2.38. The van der Waals surface area contributed by atoms with Gasteiger partial charge in [-0.15, -0.1) is 0 Å². The molecule has 2 amide bonds. The number of carbonyl (C=O) groups is 3. The van der Waals surface area contributed by atoms with E-state index in [0.29, 0.717) is 50.5 Å². The third-order valence-corrected chi connectivity index (χ3v) is 7.58.